The Kier molecular flexibility index (Phi) is 5.33. The molecule has 1 fully saturated rings. The van der Waals surface area contributed by atoms with E-state index in [1.807, 2.05) is 0 Å². The Morgan fingerprint density at radius 3 is 2.67 bits per heavy atom. The Morgan fingerprint density at radius 1 is 1.43 bits per heavy atom. The van der Waals surface area contributed by atoms with Crippen LogP contribution >= 0.6 is 23.2 Å². The molecule has 0 amide bonds. The van der Waals surface area contributed by atoms with Crippen LogP contribution in [0.3, 0.4) is 0 Å². The molecular weight excluding hydrogens is 331 g/mol. The number of nitrogens with zero attached hydrogens (tertiary/aromatic N) is 1. The van der Waals surface area contributed by atoms with Crippen LogP contribution in [-0.2, 0) is 16.6 Å². The lowest BCUT2D eigenvalue weighted by Gasteiger charge is -2.18. The molecule has 0 saturated heterocycles. The number of rotatable bonds is 7. The Balaban J connectivity index is 2.35. The first kappa shape index (κ1) is 16.8. The number of likely N-dealkylation sites (N-methyl/N-ethyl adjacent to an activating group) is 1. The molecule has 0 radical (unpaired) electrons. The molecular formula is C14H18Cl2N2O2S. The minimum Gasteiger partial charge on any atom is -0.310 e. The Bertz CT molecular complexity index is 643. The second-order valence-corrected chi connectivity index (χ2v) is 7.93. The largest absolute Gasteiger partial charge is 0.310 e. The molecule has 1 aliphatic rings. The fourth-order valence-electron chi connectivity index (χ4n) is 1.92. The first-order chi connectivity index (χ1) is 9.86. The van der Waals surface area contributed by atoms with Gasteiger partial charge in [-0.2, -0.15) is 4.31 Å². The van der Waals surface area contributed by atoms with Crippen LogP contribution in [0.15, 0.2) is 29.7 Å². The third kappa shape index (κ3) is 3.99. The van der Waals surface area contributed by atoms with Gasteiger partial charge in [-0.25, -0.2) is 8.42 Å². The van der Waals surface area contributed by atoms with Crippen LogP contribution < -0.4 is 5.32 Å². The molecule has 21 heavy (non-hydrogen) atoms. The van der Waals surface area contributed by atoms with E-state index in [0.717, 1.165) is 12.8 Å². The van der Waals surface area contributed by atoms with E-state index >= 15 is 0 Å². The molecule has 0 heterocycles. The van der Waals surface area contributed by atoms with E-state index in [1.54, 1.807) is 6.07 Å². The summed E-state index contributed by atoms with van der Waals surface area (Å²) in [5.74, 6) is 0. The highest BCUT2D eigenvalue weighted by atomic mass is 35.5. The van der Waals surface area contributed by atoms with E-state index in [-0.39, 0.29) is 16.5 Å². The average Bonchev–Trinajstić information content (AvgIpc) is 3.23. The molecule has 0 aromatic heterocycles. The van der Waals surface area contributed by atoms with Crippen LogP contribution in [0.25, 0.3) is 0 Å². The van der Waals surface area contributed by atoms with Gasteiger partial charge in [-0.3, -0.25) is 0 Å². The van der Waals surface area contributed by atoms with Gasteiger partial charge >= 0.3 is 0 Å². The number of halogens is 2. The highest BCUT2D eigenvalue weighted by Crippen LogP contribution is 2.31. The second kappa shape index (κ2) is 6.67. The number of benzene rings is 1. The summed E-state index contributed by atoms with van der Waals surface area (Å²) in [5.41, 5.74) is 0.696. The van der Waals surface area contributed by atoms with E-state index < -0.39 is 10.0 Å². The molecule has 1 aromatic rings. The zero-order chi connectivity index (χ0) is 15.6. The van der Waals surface area contributed by atoms with Crippen molar-refractivity contribution < 1.29 is 8.42 Å². The third-order valence-electron chi connectivity index (χ3n) is 3.31. The van der Waals surface area contributed by atoms with Gasteiger partial charge in [0.15, 0.2) is 0 Å². The highest BCUT2D eigenvalue weighted by Gasteiger charge is 2.26. The van der Waals surface area contributed by atoms with Crippen molar-refractivity contribution in [3.63, 3.8) is 0 Å². The van der Waals surface area contributed by atoms with Crippen LogP contribution in [-0.4, -0.2) is 32.4 Å². The zero-order valence-corrected chi connectivity index (χ0v) is 14.1. The van der Waals surface area contributed by atoms with Crippen molar-refractivity contribution in [2.75, 3.05) is 13.6 Å². The molecule has 0 atom stereocenters. The lowest BCUT2D eigenvalue weighted by Crippen LogP contribution is -2.27. The topological polar surface area (TPSA) is 49.4 Å². The molecule has 0 unspecified atom stereocenters. The van der Waals surface area contributed by atoms with E-state index in [9.17, 15) is 8.42 Å². The smallest absolute Gasteiger partial charge is 0.244 e. The van der Waals surface area contributed by atoms with Crippen molar-refractivity contribution in [2.45, 2.75) is 30.3 Å². The lowest BCUT2D eigenvalue weighted by atomic mass is 10.2. The molecule has 2 rings (SSSR count). The van der Waals surface area contributed by atoms with Gasteiger partial charge in [0, 0.05) is 31.2 Å². The summed E-state index contributed by atoms with van der Waals surface area (Å²) in [6, 6.07) is 3.59. The standard InChI is InChI=1S/C14H18Cl2N2O2S/c1-3-6-18(2)21(19,20)13-8-11(15)7-10(14(13)16)9-17-12-4-5-12/h3,7-8,12,17H,1,4-6,9H2,2H3. The maximum absolute atomic E-state index is 12.5. The van der Waals surface area contributed by atoms with Gasteiger partial charge < -0.3 is 5.32 Å². The van der Waals surface area contributed by atoms with Crippen LogP contribution in [0.1, 0.15) is 18.4 Å². The molecule has 116 valence electrons. The monoisotopic (exact) mass is 348 g/mol. The summed E-state index contributed by atoms with van der Waals surface area (Å²) in [6.07, 6.45) is 3.81. The van der Waals surface area contributed by atoms with Crippen LogP contribution in [0.2, 0.25) is 10.0 Å². The SMILES string of the molecule is C=CCN(C)S(=O)(=O)c1cc(Cl)cc(CNC2CC2)c1Cl. The molecule has 1 aliphatic carbocycles. The molecule has 7 heteroatoms. The Hall–Kier alpha value is -0.590. The van der Waals surface area contributed by atoms with E-state index in [2.05, 4.69) is 11.9 Å². The summed E-state index contributed by atoms with van der Waals surface area (Å²) in [6.45, 7) is 4.27. The first-order valence-corrected chi connectivity index (χ1v) is 8.84. The summed E-state index contributed by atoms with van der Waals surface area (Å²) < 4.78 is 26.2. The van der Waals surface area contributed by atoms with Crippen molar-refractivity contribution >= 4 is 33.2 Å². The van der Waals surface area contributed by atoms with Gasteiger partial charge in [-0.05, 0) is 30.5 Å². The predicted molar refractivity (Wildman–Crippen MR) is 86.3 cm³/mol. The van der Waals surface area contributed by atoms with Crippen molar-refractivity contribution in [3.05, 3.63) is 40.4 Å². The van der Waals surface area contributed by atoms with Crippen molar-refractivity contribution in [2.24, 2.45) is 0 Å². The van der Waals surface area contributed by atoms with Gasteiger partial charge in [0.25, 0.3) is 0 Å². The van der Waals surface area contributed by atoms with Crippen molar-refractivity contribution in [1.82, 2.24) is 9.62 Å². The summed E-state index contributed by atoms with van der Waals surface area (Å²) in [4.78, 5) is 0.0358. The normalized spacial score (nSPS) is 15.4. The molecule has 0 bridgehead atoms. The van der Waals surface area contributed by atoms with Crippen molar-refractivity contribution in [3.8, 4) is 0 Å². The molecule has 0 spiro atoms. The molecule has 1 aromatic carbocycles. The summed E-state index contributed by atoms with van der Waals surface area (Å²) in [5, 5.41) is 3.89. The van der Waals surface area contributed by atoms with Crippen LogP contribution in [0.5, 0.6) is 0 Å². The maximum atomic E-state index is 12.5. The summed E-state index contributed by atoms with van der Waals surface area (Å²) in [7, 11) is -2.20. The van der Waals surface area contributed by atoms with E-state index in [4.69, 9.17) is 23.2 Å². The number of nitrogens with one attached hydrogen (secondary N) is 1. The third-order valence-corrected chi connectivity index (χ3v) is 5.94. The Morgan fingerprint density at radius 2 is 2.10 bits per heavy atom. The van der Waals surface area contributed by atoms with E-state index in [1.165, 1.54) is 23.5 Å². The second-order valence-electron chi connectivity index (χ2n) is 5.11. The number of hydrogen-bond acceptors (Lipinski definition) is 3. The van der Waals surface area contributed by atoms with Gasteiger partial charge in [-0.1, -0.05) is 29.3 Å². The van der Waals surface area contributed by atoms with Crippen molar-refractivity contribution in [1.29, 1.82) is 0 Å². The number of sulfonamides is 1. The molecule has 0 aliphatic heterocycles. The van der Waals surface area contributed by atoms with Gasteiger partial charge in [0.2, 0.25) is 10.0 Å². The quantitative estimate of drug-likeness (QED) is 0.770. The first-order valence-electron chi connectivity index (χ1n) is 6.64. The van der Waals surface area contributed by atoms with Gasteiger partial charge in [0.05, 0.1) is 5.02 Å². The zero-order valence-electron chi connectivity index (χ0n) is 11.8. The predicted octanol–water partition coefficient (Wildman–Crippen LogP) is 3.05. The highest BCUT2D eigenvalue weighted by molar-refractivity contribution is 7.89. The fraction of sp³-hybridized carbons (Fsp3) is 0.429. The molecule has 4 nitrogen and oxygen atoms in total. The molecule has 1 saturated carbocycles. The van der Waals surface area contributed by atoms with Crippen LogP contribution in [0, 0.1) is 0 Å². The fourth-order valence-corrected chi connectivity index (χ4v) is 3.97. The average molecular weight is 349 g/mol. The minimum atomic E-state index is -3.68. The van der Waals surface area contributed by atoms with E-state index in [0.29, 0.717) is 23.2 Å². The summed E-state index contributed by atoms with van der Waals surface area (Å²) >= 11 is 12.3. The lowest BCUT2D eigenvalue weighted by molar-refractivity contribution is 0.499. The number of hydrogen-bond donors (Lipinski definition) is 1. The van der Waals surface area contributed by atoms with Gasteiger partial charge in [0.1, 0.15) is 4.90 Å². The Labute approximate surface area is 135 Å². The maximum Gasteiger partial charge on any atom is 0.244 e. The van der Waals surface area contributed by atoms with Gasteiger partial charge in [-0.15, -0.1) is 6.58 Å². The molecule has 1 N–H and O–H groups in total. The minimum absolute atomic E-state index is 0.0358. The van der Waals surface area contributed by atoms with Crippen LogP contribution in [0.4, 0.5) is 0 Å².